The van der Waals surface area contributed by atoms with E-state index in [1.54, 1.807) is 0 Å². The highest BCUT2D eigenvalue weighted by Crippen LogP contribution is 2.42. The Morgan fingerprint density at radius 2 is 1.83 bits per heavy atom. The van der Waals surface area contributed by atoms with Crippen LogP contribution in [0.25, 0.3) is 0 Å². The number of hydrogen-bond acceptors (Lipinski definition) is 3. The van der Waals surface area contributed by atoms with Crippen molar-refractivity contribution in [3.63, 3.8) is 0 Å². The average molecular weight is 315 g/mol. The molecule has 5 nitrogen and oxygen atoms in total. The number of rotatable bonds is 3. The number of carbonyl (C=O) groups is 2. The van der Waals surface area contributed by atoms with Gasteiger partial charge in [-0.25, -0.2) is 0 Å². The molecule has 2 heterocycles. The molecular formula is C18H25N3O2. The molecule has 2 aliphatic rings. The Morgan fingerprint density at radius 3 is 2.43 bits per heavy atom. The van der Waals surface area contributed by atoms with Crippen LogP contribution in [0.1, 0.15) is 30.6 Å². The minimum Gasteiger partial charge on any atom is -0.353 e. The second-order valence-electron chi connectivity index (χ2n) is 7.33. The van der Waals surface area contributed by atoms with Crippen LogP contribution in [0.15, 0.2) is 30.3 Å². The molecule has 0 bridgehead atoms. The van der Waals surface area contributed by atoms with Crippen molar-refractivity contribution >= 4 is 11.8 Å². The van der Waals surface area contributed by atoms with Crippen molar-refractivity contribution in [2.45, 2.75) is 32.4 Å². The number of likely N-dealkylation sites (tertiary alicyclic amines) is 2. The van der Waals surface area contributed by atoms with E-state index in [2.05, 4.69) is 10.2 Å². The second-order valence-corrected chi connectivity index (χ2v) is 7.33. The van der Waals surface area contributed by atoms with Gasteiger partial charge in [0.25, 0.3) is 5.91 Å². The standard InChI is InChI=1S/C18H25N3O2/c1-13(2)19-16(22)15-9-18(10-20(15)3)11-21(12-18)17(23)14-7-5-4-6-8-14/h4-8,13,15H,9-12H2,1-3H3,(H,19,22). The van der Waals surface area contributed by atoms with Crippen LogP contribution in [-0.4, -0.2) is 60.4 Å². The van der Waals surface area contributed by atoms with Crippen LogP contribution in [0.3, 0.4) is 0 Å². The third-order valence-electron chi connectivity index (χ3n) is 4.84. The number of carbonyl (C=O) groups excluding carboxylic acids is 2. The number of benzene rings is 1. The Labute approximate surface area is 137 Å². The van der Waals surface area contributed by atoms with Crippen LogP contribution in [0, 0.1) is 5.41 Å². The SMILES string of the molecule is CC(C)NC(=O)C1CC2(CN(C(=O)c3ccccc3)C2)CN1C. The summed E-state index contributed by atoms with van der Waals surface area (Å²) in [6, 6.07) is 9.48. The third-order valence-corrected chi connectivity index (χ3v) is 4.84. The number of hydrogen-bond donors (Lipinski definition) is 1. The molecule has 1 spiro atoms. The maximum atomic E-state index is 12.4. The van der Waals surface area contributed by atoms with Crippen LogP contribution < -0.4 is 5.32 Å². The van der Waals surface area contributed by atoms with E-state index < -0.39 is 0 Å². The van der Waals surface area contributed by atoms with Gasteiger partial charge in [-0.1, -0.05) is 18.2 Å². The van der Waals surface area contributed by atoms with Gasteiger partial charge in [0, 0.05) is 36.7 Å². The zero-order chi connectivity index (χ0) is 16.6. The molecule has 1 aromatic rings. The molecule has 2 fully saturated rings. The van der Waals surface area contributed by atoms with Gasteiger partial charge in [0.2, 0.25) is 5.91 Å². The molecule has 0 saturated carbocycles. The largest absolute Gasteiger partial charge is 0.353 e. The molecule has 3 rings (SSSR count). The normalized spacial score (nSPS) is 23.1. The van der Waals surface area contributed by atoms with Crippen molar-refractivity contribution in [3.8, 4) is 0 Å². The van der Waals surface area contributed by atoms with Crippen LogP contribution in [0.4, 0.5) is 0 Å². The van der Waals surface area contributed by atoms with Gasteiger partial charge in [0.1, 0.15) is 0 Å². The molecule has 23 heavy (non-hydrogen) atoms. The minimum atomic E-state index is -0.0774. The van der Waals surface area contributed by atoms with E-state index in [-0.39, 0.29) is 29.3 Å². The molecule has 124 valence electrons. The fourth-order valence-corrected chi connectivity index (χ4v) is 3.84. The molecule has 1 N–H and O–H groups in total. The van der Waals surface area contributed by atoms with Crippen molar-refractivity contribution < 1.29 is 9.59 Å². The van der Waals surface area contributed by atoms with Gasteiger partial charge in [-0.2, -0.15) is 0 Å². The summed E-state index contributed by atoms with van der Waals surface area (Å²) in [6.07, 6.45) is 0.834. The first-order valence-electron chi connectivity index (χ1n) is 8.25. The molecular weight excluding hydrogens is 290 g/mol. The molecule has 0 aliphatic carbocycles. The number of nitrogens with one attached hydrogen (secondary N) is 1. The van der Waals surface area contributed by atoms with Crippen molar-refractivity contribution in [1.29, 1.82) is 0 Å². The molecule has 0 radical (unpaired) electrons. The first-order chi connectivity index (χ1) is 10.9. The fourth-order valence-electron chi connectivity index (χ4n) is 3.84. The predicted molar refractivity (Wildman–Crippen MR) is 89.1 cm³/mol. The minimum absolute atomic E-state index is 0.0774. The van der Waals surface area contributed by atoms with E-state index in [4.69, 9.17) is 0 Å². The molecule has 1 unspecified atom stereocenters. The molecule has 1 atom stereocenters. The van der Waals surface area contributed by atoms with Crippen molar-refractivity contribution in [2.24, 2.45) is 5.41 Å². The maximum Gasteiger partial charge on any atom is 0.253 e. The molecule has 2 saturated heterocycles. The van der Waals surface area contributed by atoms with E-state index in [0.29, 0.717) is 0 Å². The highest BCUT2D eigenvalue weighted by molar-refractivity contribution is 5.95. The highest BCUT2D eigenvalue weighted by atomic mass is 16.2. The first-order valence-corrected chi connectivity index (χ1v) is 8.25. The Morgan fingerprint density at radius 1 is 1.17 bits per heavy atom. The van der Waals surface area contributed by atoms with Gasteiger partial charge in [-0.05, 0) is 39.4 Å². The summed E-state index contributed by atoms with van der Waals surface area (Å²) in [5.41, 5.74) is 0.820. The molecule has 1 aromatic carbocycles. The summed E-state index contributed by atoms with van der Waals surface area (Å²) < 4.78 is 0. The molecule has 5 heteroatoms. The Kier molecular flexibility index (Phi) is 4.15. The van der Waals surface area contributed by atoms with Gasteiger partial charge in [-0.3, -0.25) is 14.5 Å². The highest BCUT2D eigenvalue weighted by Gasteiger charge is 2.53. The fraction of sp³-hybridized carbons (Fsp3) is 0.556. The summed E-state index contributed by atoms with van der Waals surface area (Å²) in [4.78, 5) is 28.8. The van der Waals surface area contributed by atoms with Crippen LogP contribution in [-0.2, 0) is 4.79 Å². The van der Waals surface area contributed by atoms with Crippen LogP contribution >= 0.6 is 0 Å². The Balaban J connectivity index is 1.60. The van der Waals surface area contributed by atoms with E-state index >= 15 is 0 Å². The summed E-state index contributed by atoms with van der Waals surface area (Å²) in [5.74, 6) is 0.196. The summed E-state index contributed by atoms with van der Waals surface area (Å²) in [7, 11) is 2.00. The third kappa shape index (κ3) is 3.11. The van der Waals surface area contributed by atoms with Gasteiger partial charge in [0.05, 0.1) is 6.04 Å². The van der Waals surface area contributed by atoms with Crippen LogP contribution in [0.2, 0.25) is 0 Å². The lowest BCUT2D eigenvalue weighted by Gasteiger charge is -2.48. The zero-order valence-electron chi connectivity index (χ0n) is 14.1. The topological polar surface area (TPSA) is 52.7 Å². The molecule has 2 aliphatic heterocycles. The maximum absolute atomic E-state index is 12.4. The van der Waals surface area contributed by atoms with E-state index in [9.17, 15) is 9.59 Å². The summed E-state index contributed by atoms with van der Waals surface area (Å²) in [5, 5.41) is 3.00. The second kappa shape index (κ2) is 5.96. The monoisotopic (exact) mass is 315 g/mol. The van der Waals surface area contributed by atoms with Gasteiger partial charge in [-0.15, -0.1) is 0 Å². The smallest absolute Gasteiger partial charge is 0.253 e. The zero-order valence-corrected chi connectivity index (χ0v) is 14.1. The quantitative estimate of drug-likeness (QED) is 0.916. The first kappa shape index (κ1) is 16.0. The van der Waals surface area contributed by atoms with Crippen LogP contribution in [0.5, 0.6) is 0 Å². The van der Waals surface area contributed by atoms with E-state index in [0.717, 1.165) is 31.6 Å². The molecule has 2 amide bonds. The van der Waals surface area contributed by atoms with Gasteiger partial charge >= 0.3 is 0 Å². The summed E-state index contributed by atoms with van der Waals surface area (Å²) >= 11 is 0. The van der Waals surface area contributed by atoms with Gasteiger partial charge < -0.3 is 10.2 Å². The number of amides is 2. The van der Waals surface area contributed by atoms with Crippen molar-refractivity contribution in [2.75, 3.05) is 26.7 Å². The number of nitrogens with zero attached hydrogens (tertiary/aromatic N) is 2. The lowest BCUT2D eigenvalue weighted by atomic mass is 9.77. The lowest BCUT2D eigenvalue weighted by molar-refractivity contribution is -0.125. The lowest BCUT2D eigenvalue weighted by Crippen LogP contribution is -2.59. The van der Waals surface area contributed by atoms with Crippen molar-refractivity contribution in [1.82, 2.24) is 15.1 Å². The average Bonchev–Trinajstić information content (AvgIpc) is 2.83. The Hall–Kier alpha value is -1.88. The predicted octanol–water partition coefficient (Wildman–Crippen LogP) is 1.36. The van der Waals surface area contributed by atoms with Crippen molar-refractivity contribution in [3.05, 3.63) is 35.9 Å². The van der Waals surface area contributed by atoms with E-state index in [1.165, 1.54) is 0 Å². The number of likely N-dealkylation sites (N-methyl/N-ethyl adjacent to an activating group) is 1. The van der Waals surface area contributed by atoms with E-state index in [1.807, 2.05) is 56.1 Å². The molecule has 0 aromatic heterocycles. The van der Waals surface area contributed by atoms with Gasteiger partial charge in [0.15, 0.2) is 0 Å². The Bertz CT molecular complexity index is 594. The summed E-state index contributed by atoms with van der Waals surface area (Å²) in [6.45, 7) is 6.33.